The van der Waals surface area contributed by atoms with Crippen molar-refractivity contribution in [2.45, 2.75) is 19.5 Å². The summed E-state index contributed by atoms with van der Waals surface area (Å²) in [6.45, 7) is 1.74. The van der Waals surface area contributed by atoms with Crippen LogP contribution in [0.25, 0.3) is 5.76 Å². The van der Waals surface area contributed by atoms with Gasteiger partial charge in [0.25, 0.3) is 11.7 Å². The van der Waals surface area contributed by atoms with Crippen LogP contribution in [0.3, 0.4) is 0 Å². The number of halogens is 1. The third-order valence-corrected chi connectivity index (χ3v) is 5.89. The van der Waals surface area contributed by atoms with Crippen molar-refractivity contribution in [3.8, 4) is 17.2 Å². The van der Waals surface area contributed by atoms with Crippen LogP contribution in [0.4, 0.5) is 0 Å². The summed E-state index contributed by atoms with van der Waals surface area (Å²) < 4.78 is 15.9. The van der Waals surface area contributed by atoms with Crippen molar-refractivity contribution < 1.29 is 33.7 Å². The minimum atomic E-state index is -1.02. The molecule has 8 nitrogen and oxygen atoms in total. The second-order valence-corrected chi connectivity index (χ2v) is 8.17. The normalized spacial score (nSPS) is 17.3. The first-order chi connectivity index (χ1) is 16.3. The molecule has 1 saturated heterocycles. The van der Waals surface area contributed by atoms with Gasteiger partial charge in [0, 0.05) is 0 Å². The van der Waals surface area contributed by atoms with Gasteiger partial charge in [0.1, 0.15) is 17.3 Å². The quantitative estimate of drug-likeness (QED) is 0.300. The Hall–Kier alpha value is -3.91. The lowest BCUT2D eigenvalue weighted by Gasteiger charge is -2.25. The van der Waals surface area contributed by atoms with Gasteiger partial charge in [0.15, 0.2) is 11.5 Å². The molecule has 0 spiro atoms. The molecular formula is C25H22ClNO7. The summed E-state index contributed by atoms with van der Waals surface area (Å²) in [7, 11) is 2.80. The summed E-state index contributed by atoms with van der Waals surface area (Å²) in [5, 5.41) is 22.0. The number of aliphatic hydroxyl groups excluding tert-OH is 1. The van der Waals surface area contributed by atoms with E-state index in [2.05, 4.69) is 0 Å². The number of methoxy groups -OCH3 is 2. The number of likely N-dealkylation sites (tertiary alicyclic amines) is 1. The van der Waals surface area contributed by atoms with E-state index in [-0.39, 0.29) is 40.0 Å². The lowest BCUT2D eigenvalue weighted by atomic mass is 9.94. The third kappa shape index (κ3) is 3.97. The van der Waals surface area contributed by atoms with Gasteiger partial charge in [-0.25, -0.2) is 0 Å². The van der Waals surface area contributed by atoms with Crippen molar-refractivity contribution in [2.75, 3.05) is 14.2 Å². The number of aromatic hydroxyl groups is 1. The molecular weight excluding hydrogens is 462 g/mol. The summed E-state index contributed by atoms with van der Waals surface area (Å²) in [4.78, 5) is 27.6. The molecule has 9 heteroatoms. The summed E-state index contributed by atoms with van der Waals surface area (Å²) in [6, 6.07) is 10.1. The van der Waals surface area contributed by atoms with Gasteiger partial charge >= 0.3 is 0 Å². The molecule has 4 rings (SSSR count). The van der Waals surface area contributed by atoms with E-state index in [9.17, 15) is 19.8 Å². The van der Waals surface area contributed by atoms with Crippen LogP contribution in [0.1, 0.15) is 28.5 Å². The molecule has 34 heavy (non-hydrogen) atoms. The first-order valence-corrected chi connectivity index (χ1v) is 10.7. The summed E-state index contributed by atoms with van der Waals surface area (Å²) in [5.41, 5.74) is 1.12. The molecule has 1 fully saturated rings. The van der Waals surface area contributed by atoms with Crippen LogP contribution >= 0.6 is 11.6 Å². The Morgan fingerprint density at radius 3 is 2.53 bits per heavy atom. The lowest BCUT2D eigenvalue weighted by Crippen LogP contribution is -2.29. The molecule has 3 aromatic rings. The SMILES string of the molecule is COc1ccc(C2/C(=C(\O)c3cc(C)cc(Cl)c3OC)C(=O)C(=O)N2Cc2ccco2)cc1O. The number of carbonyl (C=O) groups is 2. The average molecular weight is 484 g/mol. The Kier molecular flexibility index (Phi) is 6.26. The maximum absolute atomic E-state index is 13.2. The molecule has 1 aliphatic heterocycles. The standard InChI is InChI=1S/C25H22ClNO7/c1-13-9-16(24(33-3)17(26)10-13)22(29)20-21(14-6-7-19(32-2)18(28)11-14)27(25(31)23(20)30)12-15-5-4-8-34-15/h4-11,21,28-29H,12H2,1-3H3/b22-20+. The molecule has 2 N–H and O–H groups in total. The van der Waals surface area contributed by atoms with Crippen LogP contribution in [0.5, 0.6) is 17.2 Å². The number of carbonyl (C=O) groups excluding carboxylic acids is 2. The number of ether oxygens (including phenoxy) is 2. The van der Waals surface area contributed by atoms with Crippen LogP contribution in [0.15, 0.2) is 58.7 Å². The second kappa shape index (κ2) is 9.15. The van der Waals surface area contributed by atoms with Gasteiger partial charge in [-0.1, -0.05) is 17.7 Å². The third-order valence-electron chi connectivity index (χ3n) is 5.61. The van der Waals surface area contributed by atoms with Crippen molar-refractivity contribution in [1.82, 2.24) is 4.90 Å². The highest BCUT2D eigenvalue weighted by atomic mass is 35.5. The molecule has 0 saturated carbocycles. The van der Waals surface area contributed by atoms with Crippen molar-refractivity contribution >= 4 is 29.1 Å². The number of rotatable bonds is 6. The Labute approximate surface area is 200 Å². The zero-order valence-corrected chi connectivity index (χ0v) is 19.4. The number of phenolic OH excluding ortho intramolecular Hbond substituents is 1. The van der Waals surface area contributed by atoms with E-state index in [0.717, 1.165) is 5.56 Å². The summed E-state index contributed by atoms with van der Waals surface area (Å²) >= 11 is 6.30. The van der Waals surface area contributed by atoms with E-state index < -0.39 is 23.5 Å². The van der Waals surface area contributed by atoms with Crippen LogP contribution < -0.4 is 9.47 Å². The van der Waals surface area contributed by atoms with Crippen LogP contribution in [-0.2, 0) is 16.1 Å². The topological polar surface area (TPSA) is 109 Å². The minimum absolute atomic E-state index is 0.0302. The van der Waals surface area contributed by atoms with E-state index >= 15 is 0 Å². The number of hydrogen-bond acceptors (Lipinski definition) is 7. The van der Waals surface area contributed by atoms with E-state index in [4.69, 9.17) is 25.5 Å². The zero-order valence-electron chi connectivity index (χ0n) is 18.7. The van der Waals surface area contributed by atoms with Gasteiger partial charge < -0.3 is 29.0 Å². The molecule has 0 aliphatic carbocycles. The van der Waals surface area contributed by atoms with Gasteiger partial charge in [-0.05, 0) is 54.4 Å². The molecule has 0 radical (unpaired) electrons. The van der Waals surface area contributed by atoms with Crippen molar-refractivity contribution in [3.05, 3.63) is 81.8 Å². The maximum Gasteiger partial charge on any atom is 0.296 e. The molecule has 2 heterocycles. The number of benzene rings is 2. The van der Waals surface area contributed by atoms with Gasteiger partial charge in [-0.15, -0.1) is 0 Å². The molecule has 0 bridgehead atoms. The highest BCUT2D eigenvalue weighted by Gasteiger charge is 2.47. The molecule has 2 aromatic carbocycles. The zero-order chi connectivity index (χ0) is 24.6. The Balaban J connectivity index is 1.95. The van der Waals surface area contributed by atoms with Crippen molar-refractivity contribution in [3.63, 3.8) is 0 Å². The monoisotopic (exact) mass is 483 g/mol. The highest BCUT2D eigenvalue weighted by Crippen LogP contribution is 2.44. The first kappa shape index (κ1) is 23.3. The average Bonchev–Trinajstić information content (AvgIpc) is 3.40. The largest absolute Gasteiger partial charge is 0.507 e. The predicted octanol–water partition coefficient (Wildman–Crippen LogP) is 4.59. The minimum Gasteiger partial charge on any atom is -0.507 e. The maximum atomic E-state index is 13.2. The summed E-state index contributed by atoms with van der Waals surface area (Å²) in [6.07, 6.45) is 1.46. The lowest BCUT2D eigenvalue weighted by molar-refractivity contribution is -0.140. The number of hydrogen-bond donors (Lipinski definition) is 2. The predicted molar refractivity (Wildman–Crippen MR) is 124 cm³/mol. The van der Waals surface area contributed by atoms with Gasteiger partial charge in [0.05, 0.1) is 49.2 Å². The van der Waals surface area contributed by atoms with Crippen molar-refractivity contribution in [2.24, 2.45) is 0 Å². The molecule has 1 aromatic heterocycles. The molecule has 1 atom stereocenters. The smallest absolute Gasteiger partial charge is 0.296 e. The highest BCUT2D eigenvalue weighted by molar-refractivity contribution is 6.46. The number of phenols is 1. The van der Waals surface area contributed by atoms with Crippen LogP contribution in [-0.4, -0.2) is 41.0 Å². The molecule has 176 valence electrons. The van der Waals surface area contributed by atoms with Gasteiger partial charge in [-0.2, -0.15) is 0 Å². The Morgan fingerprint density at radius 1 is 1.15 bits per heavy atom. The summed E-state index contributed by atoms with van der Waals surface area (Å²) in [5.74, 6) is -1.50. The van der Waals surface area contributed by atoms with Crippen molar-refractivity contribution in [1.29, 1.82) is 0 Å². The Morgan fingerprint density at radius 2 is 1.91 bits per heavy atom. The van der Waals surface area contributed by atoms with Gasteiger partial charge in [-0.3, -0.25) is 9.59 Å². The van der Waals surface area contributed by atoms with Crippen LogP contribution in [0.2, 0.25) is 5.02 Å². The Bertz CT molecular complexity index is 1300. The number of aliphatic hydroxyl groups is 1. The fourth-order valence-electron chi connectivity index (χ4n) is 4.09. The number of amides is 1. The van der Waals surface area contributed by atoms with Gasteiger partial charge in [0.2, 0.25) is 0 Å². The molecule has 1 unspecified atom stereocenters. The van der Waals surface area contributed by atoms with E-state index in [1.54, 1.807) is 37.3 Å². The van der Waals surface area contributed by atoms with E-state index in [1.165, 1.54) is 37.5 Å². The fourth-order valence-corrected chi connectivity index (χ4v) is 4.45. The molecule has 1 aliphatic rings. The number of nitrogens with zero attached hydrogens (tertiary/aromatic N) is 1. The fraction of sp³-hybridized carbons (Fsp3) is 0.200. The van der Waals surface area contributed by atoms with E-state index in [1.807, 2.05) is 0 Å². The van der Waals surface area contributed by atoms with Crippen LogP contribution in [0, 0.1) is 6.92 Å². The number of aryl methyl sites for hydroxylation is 1. The molecule has 1 amide bonds. The van der Waals surface area contributed by atoms with E-state index in [0.29, 0.717) is 11.3 Å². The number of furan rings is 1. The second-order valence-electron chi connectivity index (χ2n) is 7.77. The number of Topliss-reactive ketones (excluding diaryl/α,β-unsaturated/α-hetero) is 1. The number of ketones is 1. The first-order valence-electron chi connectivity index (χ1n) is 10.3.